The molecule has 1 atom stereocenters. The van der Waals surface area contributed by atoms with Gasteiger partial charge in [0.1, 0.15) is 5.82 Å². The van der Waals surface area contributed by atoms with Crippen LogP contribution >= 0.6 is 11.3 Å². The monoisotopic (exact) mass is 419 g/mol. The van der Waals surface area contributed by atoms with Gasteiger partial charge in [0, 0.05) is 29.8 Å². The number of aromatic nitrogens is 3. The lowest BCUT2D eigenvalue weighted by Crippen LogP contribution is -2.38. The number of carbonyl (C=O) groups excluding carboxylic acids is 1. The lowest BCUT2D eigenvalue weighted by Gasteiger charge is -2.34. The largest absolute Gasteiger partial charge is 0.329 e. The molecule has 154 valence electrons. The third-order valence-corrected chi connectivity index (χ3v) is 5.90. The Morgan fingerprint density at radius 2 is 1.97 bits per heavy atom. The maximum absolute atomic E-state index is 13.0. The second kappa shape index (κ2) is 9.17. The molecule has 6 nitrogen and oxygen atoms in total. The van der Waals surface area contributed by atoms with Crippen LogP contribution in [0.2, 0.25) is 0 Å². The van der Waals surface area contributed by atoms with Crippen LogP contribution in [0.1, 0.15) is 48.1 Å². The molecule has 3 heterocycles. The first-order valence-corrected chi connectivity index (χ1v) is 11.0. The van der Waals surface area contributed by atoms with Crippen molar-refractivity contribution in [3.63, 3.8) is 0 Å². The molecule has 0 radical (unpaired) electrons. The average Bonchev–Trinajstić information content (AvgIpc) is 3.16. The van der Waals surface area contributed by atoms with Crippen molar-refractivity contribution >= 4 is 34.3 Å². The Bertz CT molecular complexity index is 1050. The van der Waals surface area contributed by atoms with Crippen molar-refractivity contribution in [2.24, 2.45) is 0 Å². The van der Waals surface area contributed by atoms with Crippen LogP contribution in [0.5, 0.6) is 0 Å². The molecule has 0 saturated carbocycles. The number of piperidine rings is 1. The summed E-state index contributed by atoms with van der Waals surface area (Å²) in [4.78, 5) is 28.7. The molecule has 3 aromatic rings. The minimum atomic E-state index is -0.120. The first kappa shape index (κ1) is 20.2. The van der Waals surface area contributed by atoms with E-state index in [9.17, 15) is 4.79 Å². The zero-order valence-electron chi connectivity index (χ0n) is 17.2. The summed E-state index contributed by atoms with van der Waals surface area (Å²) in [5, 5.41) is 6.08. The normalized spacial score (nSPS) is 16.7. The van der Waals surface area contributed by atoms with Gasteiger partial charge in [0.15, 0.2) is 11.0 Å². The van der Waals surface area contributed by atoms with E-state index in [0.29, 0.717) is 18.2 Å². The molecule has 1 fully saturated rings. The van der Waals surface area contributed by atoms with Crippen LogP contribution < -0.4 is 5.32 Å². The minimum absolute atomic E-state index is 0.00119. The molecular weight excluding hydrogens is 394 g/mol. The molecule has 0 spiro atoms. The molecule has 0 bridgehead atoms. The number of benzene rings is 1. The third-order valence-electron chi connectivity index (χ3n) is 5.03. The number of anilines is 2. The summed E-state index contributed by atoms with van der Waals surface area (Å²) in [5.74, 6) is 1.40. The zero-order chi connectivity index (χ0) is 20.9. The summed E-state index contributed by atoms with van der Waals surface area (Å²) in [5.41, 5.74) is 2.85. The third kappa shape index (κ3) is 4.91. The second-order valence-electron chi connectivity index (χ2n) is 7.46. The summed E-state index contributed by atoms with van der Waals surface area (Å²) in [7, 11) is 0. The highest BCUT2D eigenvalue weighted by Gasteiger charge is 2.29. The van der Waals surface area contributed by atoms with E-state index in [0.717, 1.165) is 41.3 Å². The summed E-state index contributed by atoms with van der Waals surface area (Å²) in [6.07, 6.45) is 6.44. The standard InChI is InChI=1S/C23H25N5OS/c1-16-14-20(27-23-25-17(2)15-30-23)26-22(24-16)19-10-6-7-13-28(19)21(29)12-11-18-8-4-3-5-9-18/h3-5,8-9,11-12,14-15,19H,6-7,10,13H2,1-2H3,(H,24,25,26,27)/b12-11+. The van der Waals surface area contributed by atoms with E-state index in [4.69, 9.17) is 4.98 Å². The molecule has 1 aliphatic heterocycles. The fourth-order valence-electron chi connectivity index (χ4n) is 3.62. The predicted molar refractivity (Wildman–Crippen MR) is 121 cm³/mol. The predicted octanol–water partition coefficient (Wildman–Crippen LogP) is 5.06. The number of nitrogens with one attached hydrogen (secondary N) is 1. The van der Waals surface area contributed by atoms with Crippen molar-refractivity contribution in [2.45, 2.75) is 39.2 Å². The number of thiazole rings is 1. The van der Waals surface area contributed by atoms with Gasteiger partial charge in [-0.1, -0.05) is 30.3 Å². The highest BCUT2D eigenvalue weighted by atomic mass is 32.1. The second-order valence-corrected chi connectivity index (χ2v) is 8.32. The molecule has 1 unspecified atom stereocenters. The van der Waals surface area contributed by atoms with Crippen molar-refractivity contribution in [1.29, 1.82) is 0 Å². The summed E-state index contributed by atoms with van der Waals surface area (Å²) in [6.45, 7) is 4.63. The molecule has 1 saturated heterocycles. The molecule has 1 aliphatic rings. The smallest absolute Gasteiger partial charge is 0.247 e. The maximum Gasteiger partial charge on any atom is 0.247 e. The van der Waals surface area contributed by atoms with E-state index < -0.39 is 0 Å². The van der Waals surface area contributed by atoms with Gasteiger partial charge >= 0.3 is 0 Å². The first-order chi connectivity index (χ1) is 14.6. The Kier molecular flexibility index (Phi) is 6.18. The van der Waals surface area contributed by atoms with Crippen LogP contribution in [0.15, 0.2) is 47.9 Å². The quantitative estimate of drug-likeness (QED) is 0.585. The Balaban J connectivity index is 1.56. The molecule has 1 aromatic carbocycles. The van der Waals surface area contributed by atoms with E-state index in [-0.39, 0.29) is 11.9 Å². The summed E-state index contributed by atoms with van der Waals surface area (Å²) >= 11 is 1.55. The van der Waals surface area contributed by atoms with Crippen LogP contribution in [-0.2, 0) is 4.79 Å². The summed E-state index contributed by atoms with van der Waals surface area (Å²) < 4.78 is 0. The number of hydrogen-bond acceptors (Lipinski definition) is 6. The number of likely N-dealkylation sites (tertiary alicyclic amines) is 1. The number of carbonyl (C=O) groups is 1. The van der Waals surface area contributed by atoms with E-state index in [1.165, 1.54) is 0 Å². The highest BCUT2D eigenvalue weighted by Crippen LogP contribution is 2.30. The van der Waals surface area contributed by atoms with Crippen LogP contribution in [0.25, 0.3) is 6.08 Å². The van der Waals surface area contributed by atoms with Gasteiger partial charge in [0.2, 0.25) is 5.91 Å². The van der Waals surface area contributed by atoms with Gasteiger partial charge in [-0.15, -0.1) is 11.3 Å². The molecule has 2 aromatic heterocycles. The zero-order valence-corrected chi connectivity index (χ0v) is 18.0. The van der Waals surface area contributed by atoms with Crippen molar-refractivity contribution in [2.75, 3.05) is 11.9 Å². The first-order valence-electron chi connectivity index (χ1n) is 10.2. The highest BCUT2D eigenvalue weighted by molar-refractivity contribution is 7.13. The average molecular weight is 420 g/mol. The fourth-order valence-corrected chi connectivity index (χ4v) is 4.31. The Morgan fingerprint density at radius 1 is 1.13 bits per heavy atom. The Hall–Kier alpha value is -3.06. The van der Waals surface area contributed by atoms with Gasteiger partial charge in [0.05, 0.1) is 11.7 Å². The minimum Gasteiger partial charge on any atom is -0.329 e. The van der Waals surface area contributed by atoms with Gasteiger partial charge in [-0.3, -0.25) is 4.79 Å². The topological polar surface area (TPSA) is 71.0 Å². The van der Waals surface area contributed by atoms with E-state index in [1.54, 1.807) is 17.4 Å². The van der Waals surface area contributed by atoms with Gasteiger partial charge in [-0.2, -0.15) is 0 Å². The fraction of sp³-hybridized carbons (Fsp3) is 0.304. The number of nitrogens with zero attached hydrogens (tertiary/aromatic N) is 4. The van der Waals surface area contributed by atoms with Crippen LogP contribution in [0.4, 0.5) is 10.9 Å². The van der Waals surface area contributed by atoms with Crippen LogP contribution in [0.3, 0.4) is 0 Å². The summed E-state index contributed by atoms with van der Waals surface area (Å²) in [6, 6.07) is 11.7. The SMILES string of the molecule is Cc1cc(Nc2nc(C)cs2)nc(C2CCCCN2C(=O)/C=C/c2ccccc2)n1. The van der Waals surface area contributed by atoms with Crippen molar-refractivity contribution in [1.82, 2.24) is 19.9 Å². The van der Waals surface area contributed by atoms with Crippen molar-refractivity contribution < 1.29 is 4.79 Å². The number of amides is 1. The lowest BCUT2D eigenvalue weighted by atomic mass is 10.0. The van der Waals surface area contributed by atoms with Crippen LogP contribution in [-0.4, -0.2) is 32.3 Å². The van der Waals surface area contributed by atoms with Crippen LogP contribution in [0, 0.1) is 13.8 Å². The molecule has 4 rings (SSSR count). The Labute approximate surface area is 180 Å². The van der Waals surface area contributed by atoms with Crippen molar-refractivity contribution in [3.8, 4) is 0 Å². The van der Waals surface area contributed by atoms with Gasteiger partial charge in [0.25, 0.3) is 0 Å². The van der Waals surface area contributed by atoms with E-state index in [2.05, 4.69) is 15.3 Å². The van der Waals surface area contributed by atoms with E-state index >= 15 is 0 Å². The molecule has 7 heteroatoms. The van der Waals surface area contributed by atoms with Gasteiger partial charge in [-0.05, 0) is 44.7 Å². The Morgan fingerprint density at radius 3 is 2.73 bits per heavy atom. The van der Waals surface area contributed by atoms with Crippen molar-refractivity contribution in [3.05, 3.63) is 70.6 Å². The number of hydrogen-bond donors (Lipinski definition) is 1. The number of aryl methyl sites for hydroxylation is 2. The van der Waals surface area contributed by atoms with Gasteiger partial charge < -0.3 is 10.2 Å². The molecule has 1 amide bonds. The molecular formula is C23H25N5OS. The van der Waals surface area contributed by atoms with Gasteiger partial charge in [-0.25, -0.2) is 15.0 Å². The molecule has 0 aliphatic carbocycles. The maximum atomic E-state index is 13.0. The lowest BCUT2D eigenvalue weighted by molar-refractivity contribution is -0.129. The van der Waals surface area contributed by atoms with E-state index in [1.807, 2.05) is 66.6 Å². The molecule has 1 N–H and O–H groups in total. The molecule has 30 heavy (non-hydrogen) atoms. The number of rotatable bonds is 5.